The molecule has 1 atom stereocenters. The second-order valence-corrected chi connectivity index (χ2v) is 7.57. The summed E-state index contributed by atoms with van der Waals surface area (Å²) in [6.45, 7) is 4.10. The van der Waals surface area contributed by atoms with Gasteiger partial charge in [0.25, 0.3) is 5.91 Å². The third kappa shape index (κ3) is 3.72. The van der Waals surface area contributed by atoms with Crippen molar-refractivity contribution < 1.29 is 9.53 Å². The number of fused-ring (bicyclic) bond motifs is 1. The lowest BCUT2D eigenvalue weighted by atomic mass is 9.89. The fourth-order valence-electron chi connectivity index (χ4n) is 3.62. The molecule has 3 aromatic carbocycles. The average molecular weight is 357 g/mol. The number of hydrogen-bond donors (Lipinski definition) is 1. The number of carbonyl (C=O) groups excluding carboxylic acids is 1. The lowest BCUT2D eigenvalue weighted by Crippen LogP contribution is -2.41. The van der Waals surface area contributed by atoms with Gasteiger partial charge in [-0.15, -0.1) is 0 Å². The molecule has 1 aliphatic rings. The van der Waals surface area contributed by atoms with Gasteiger partial charge in [-0.25, -0.2) is 0 Å². The van der Waals surface area contributed by atoms with Crippen molar-refractivity contribution >= 4 is 5.91 Å². The second kappa shape index (κ2) is 6.92. The summed E-state index contributed by atoms with van der Waals surface area (Å²) in [6.07, 6.45) is 0.734. The van der Waals surface area contributed by atoms with E-state index >= 15 is 0 Å². The molecule has 3 nitrogen and oxygen atoms in total. The molecular weight excluding hydrogens is 334 g/mol. The Morgan fingerprint density at radius 1 is 0.889 bits per heavy atom. The molecule has 4 rings (SSSR count). The van der Waals surface area contributed by atoms with E-state index in [1.54, 1.807) is 0 Å². The van der Waals surface area contributed by atoms with Crippen molar-refractivity contribution in [2.24, 2.45) is 0 Å². The van der Waals surface area contributed by atoms with Crippen LogP contribution in [0.4, 0.5) is 0 Å². The second-order valence-electron chi connectivity index (χ2n) is 7.57. The Kier molecular flexibility index (Phi) is 4.44. The molecule has 3 heteroatoms. The molecule has 0 aromatic heterocycles. The Hall–Kier alpha value is -3.07. The van der Waals surface area contributed by atoms with Gasteiger partial charge < -0.3 is 10.1 Å². The molecule has 0 spiro atoms. The molecule has 1 N–H and O–H groups in total. The fraction of sp³-hybridized carbons (Fsp3) is 0.208. The molecule has 0 bridgehead atoms. The van der Waals surface area contributed by atoms with Crippen LogP contribution in [0, 0.1) is 0 Å². The molecule has 0 radical (unpaired) electrons. The van der Waals surface area contributed by atoms with Crippen LogP contribution < -0.4 is 10.1 Å². The van der Waals surface area contributed by atoms with Gasteiger partial charge >= 0.3 is 0 Å². The van der Waals surface area contributed by atoms with Crippen molar-refractivity contribution in [3.05, 3.63) is 90.0 Å². The monoisotopic (exact) mass is 357 g/mol. The van der Waals surface area contributed by atoms with E-state index in [0.717, 1.165) is 28.9 Å². The first-order valence-electron chi connectivity index (χ1n) is 9.26. The zero-order valence-corrected chi connectivity index (χ0v) is 15.6. The van der Waals surface area contributed by atoms with Crippen LogP contribution >= 0.6 is 0 Å². The minimum atomic E-state index is -0.316. The standard InChI is InChI=1S/C24H23NO2/c1-24(2)16-21(20-10-6-7-11-22(20)27-24)25-23(26)19-14-12-18(13-15-19)17-8-4-3-5-9-17/h3-15,21H,16H2,1-2H3,(H,25,26)/t21-/m1/s1. The number of nitrogens with one attached hydrogen (secondary N) is 1. The van der Waals surface area contributed by atoms with Crippen LogP contribution in [0.25, 0.3) is 11.1 Å². The summed E-state index contributed by atoms with van der Waals surface area (Å²) in [5, 5.41) is 3.19. The van der Waals surface area contributed by atoms with E-state index < -0.39 is 0 Å². The highest BCUT2D eigenvalue weighted by Crippen LogP contribution is 2.39. The van der Waals surface area contributed by atoms with Crippen molar-refractivity contribution in [2.45, 2.75) is 31.9 Å². The van der Waals surface area contributed by atoms with Gasteiger partial charge in [0, 0.05) is 17.5 Å². The maximum atomic E-state index is 12.8. The highest BCUT2D eigenvalue weighted by Gasteiger charge is 2.34. The summed E-state index contributed by atoms with van der Waals surface area (Å²) in [7, 11) is 0. The number of amides is 1. The number of hydrogen-bond acceptors (Lipinski definition) is 2. The minimum absolute atomic E-state index is 0.0629. The van der Waals surface area contributed by atoms with Crippen LogP contribution in [0.5, 0.6) is 5.75 Å². The molecule has 1 heterocycles. The van der Waals surface area contributed by atoms with E-state index in [1.165, 1.54) is 0 Å². The van der Waals surface area contributed by atoms with E-state index in [2.05, 4.69) is 31.3 Å². The topological polar surface area (TPSA) is 38.3 Å². The lowest BCUT2D eigenvalue weighted by Gasteiger charge is -2.37. The molecule has 3 aromatic rings. The maximum Gasteiger partial charge on any atom is 0.251 e. The Balaban J connectivity index is 1.54. The van der Waals surface area contributed by atoms with Gasteiger partial charge in [0.1, 0.15) is 11.4 Å². The van der Waals surface area contributed by atoms with Crippen LogP contribution in [-0.2, 0) is 0 Å². The lowest BCUT2D eigenvalue weighted by molar-refractivity contribution is 0.0620. The van der Waals surface area contributed by atoms with Crippen LogP contribution in [-0.4, -0.2) is 11.5 Å². The Labute approximate surface area is 160 Å². The summed E-state index contributed by atoms with van der Waals surface area (Å²) in [5.41, 5.74) is 3.63. The van der Waals surface area contributed by atoms with Crippen molar-refractivity contribution in [1.82, 2.24) is 5.32 Å². The molecule has 0 saturated heterocycles. The molecule has 0 saturated carbocycles. The number of rotatable bonds is 3. The minimum Gasteiger partial charge on any atom is -0.487 e. The van der Waals surface area contributed by atoms with Gasteiger partial charge in [0.05, 0.1) is 6.04 Å². The zero-order chi connectivity index (χ0) is 18.9. The molecule has 136 valence electrons. The number of ether oxygens (including phenoxy) is 1. The highest BCUT2D eigenvalue weighted by atomic mass is 16.5. The van der Waals surface area contributed by atoms with Crippen LogP contribution in [0.2, 0.25) is 0 Å². The van der Waals surface area contributed by atoms with Crippen LogP contribution in [0.1, 0.15) is 42.2 Å². The van der Waals surface area contributed by atoms with Crippen molar-refractivity contribution in [3.63, 3.8) is 0 Å². The van der Waals surface area contributed by atoms with E-state index in [9.17, 15) is 4.79 Å². The number of carbonyl (C=O) groups is 1. The van der Waals surface area contributed by atoms with Gasteiger partial charge in [-0.1, -0.05) is 60.7 Å². The van der Waals surface area contributed by atoms with Crippen molar-refractivity contribution in [3.8, 4) is 16.9 Å². The summed E-state index contributed by atoms with van der Waals surface area (Å²) in [6, 6.07) is 25.8. The molecule has 0 fully saturated rings. The van der Waals surface area contributed by atoms with Gasteiger partial charge in [0.2, 0.25) is 0 Å². The SMILES string of the molecule is CC1(C)C[C@@H](NC(=O)c2ccc(-c3ccccc3)cc2)c2ccccc2O1. The third-order valence-corrected chi connectivity index (χ3v) is 4.94. The summed E-state index contributed by atoms with van der Waals surface area (Å²) in [4.78, 5) is 12.8. The normalized spacial score (nSPS) is 17.5. The highest BCUT2D eigenvalue weighted by molar-refractivity contribution is 5.95. The van der Waals surface area contributed by atoms with Crippen LogP contribution in [0.3, 0.4) is 0 Å². The predicted octanol–water partition coefficient (Wildman–Crippen LogP) is 5.39. The first-order valence-corrected chi connectivity index (χ1v) is 9.26. The Morgan fingerprint density at radius 2 is 1.52 bits per heavy atom. The first-order chi connectivity index (χ1) is 13.0. The first kappa shape index (κ1) is 17.3. The quantitative estimate of drug-likeness (QED) is 0.683. The van der Waals surface area contributed by atoms with E-state index in [1.807, 2.05) is 66.7 Å². The molecule has 27 heavy (non-hydrogen) atoms. The predicted molar refractivity (Wildman–Crippen MR) is 108 cm³/mol. The zero-order valence-electron chi connectivity index (χ0n) is 15.6. The molecular formula is C24H23NO2. The maximum absolute atomic E-state index is 12.8. The van der Waals surface area contributed by atoms with Gasteiger partial charge in [0.15, 0.2) is 0 Å². The fourth-order valence-corrected chi connectivity index (χ4v) is 3.62. The summed E-state index contributed by atoms with van der Waals surface area (Å²) in [5.74, 6) is 0.783. The van der Waals surface area contributed by atoms with Crippen LogP contribution in [0.15, 0.2) is 78.9 Å². The molecule has 0 aliphatic carbocycles. The Morgan fingerprint density at radius 3 is 2.26 bits per heavy atom. The van der Waals surface area contributed by atoms with Gasteiger partial charge in [-0.3, -0.25) is 4.79 Å². The largest absolute Gasteiger partial charge is 0.487 e. The average Bonchev–Trinajstić information content (AvgIpc) is 2.68. The molecule has 1 aliphatic heterocycles. The number of para-hydroxylation sites is 1. The van der Waals surface area contributed by atoms with Crippen molar-refractivity contribution in [2.75, 3.05) is 0 Å². The van der Waals surface area contributed by atoms with Gasteiger partial charge in [-0.05, 0) is 43.2 Å². The van der Waals surface area contributed by atoms with E-state index in [-0.39, 0.29) is 17.6 Å². The van der Waals surface area contributed by atoms with E-state index in [0.29, 0.717) is 5.56 Å². The Bertz CT molecular complexity index is 946. The summed E-state index contributed by atoms with van der Waals surface area (Å²) >= 11 is 0. The smallest absolute Gasteiger partial charge is 0.251 e. The van der Waals surface area contributed by atoms with Gasteiger partial charge in [-0.2, -0.15) is 0 Å². The summed E-state index contributed by atoms with van der Waals surface area (Å²) < 4.78 is 6.05. The molecule has 1 amide bonds. The molecule has 0 unspecified atom stereocenters. The van der Waals surface area contributed by atoms with Crippen molar-refractivity contribution in [1.29, 1.82) is 0 Å². The van der Waals surface area contributed by atoms with E-state index in [4.69, 9.17) is 4.74 Å². The third-order valence-electron chi connectivity index (χ3n) is 4.94. The number of benzene rings is 3.